The number of anilines is 1. The van der Waals surface area contributed by atoms with Gasteiger partial charge >= 0.3 is 0 Å². The number of nitrogens with two attached hydrogens (primary N) is 1. The van der Waals surface area contributed by atoms with Crippen molar-refractivity contribution < 1.29 is 0 Å². The van der Waals surface area contributed by atoms with E-state index in [2.05, 4.69) is 20.6 Å². The van der Waals surface area contributed by atoms with Gasteiger partial charge in [0.1, 0.15) is 5.82 Å². The third-order valence-corrected chi connectivity index (χ3v) is 1.63. The lowest BCUT2D eigenvalue weighted by Crippen LogP contribution is -2.10. The summed E-state index contributed by atoms with van der Waals surface area (Å²) in [6, 6.07) is 0. The number of hydrogen-bond donors (Lipinski definition) is 2. The zero-order chi connectivity index (χ0) is 8.55. The molecule has 0 amide bonds. The van der Waals surface area contributed by atoms with Gasteiger partial charge in [-0.25, -0.2) is 10.8 Å². The second-order valence-corrected chi connectivity index (χ2v) is 2.36. The molecule has 0 unspecified atom stereocenters. The van der Waals surface area contributed by atoms with Crippen molar-refractivity contribution in [2.24, 2.45) is 5.84 Å². The summed E-state index contributed by atoms with van der Waals surface area (Å²) < 4.78 is 1.81. The third-order valence-electron chi connectivity index (χ3n) is 1.63. The summed E-state index contributed by atoms with van der Waals surface area (Å²) >= 11 is 0. The highest BCUT2D eigenvalue weighted by Crippen LogP contribution is 2.09. The van der Waals surface area contributed by atoms with Gasteiger partial charge in [-0.05, 0) is 6.92 Å². The third kappa shape index (κ3) is 0.817. The van der Waals surface area contributed by atoms with Crippen molar-refractivity contribution in [2.75, 3.05) is 5.43 Å². The van der Waals surface area contributed by atoms with Gasteiger partial charge in [-0.3, -0.25) is 4.40 Å². The molecule has 0 aliphatic carbocycles. The summed E-state index contributed by atoms with van der Waals surface area (Å²) in [5, 5.41) is 7.78. The number of hydrazine groups is 1. The van der Waals surface area contributed by atoms with E-state index in [4.69, 9.17) is 5.84 Å². The molecule has 0 bridgehead atoms. The van der Waals surface area contributed by atoms with E-state index in [1.807, 2.05) is 11.3 Å². The summed E-state index contributed by atoms with van der Waals surface area (Å²) in [5.41, 5.74) is 3.09. The lowest BCUT2D eigenvalue weighted by atomic mass is 10.6. The lowest BCUT2D eigenvalue weighted by molar-refractivity contribution is 1.00. The largest absolute Gasteiger partial charge is 0.305 e. The predicted octanol–water partition coefficient (Wildman–Crippen LogP) is -0.282. The van der Waals surface area contributed by atoms with Gasteiger partial charge in [0.15, 0.2) is 5.82 Å². The smallest absolute Gasteiger partial charge is 0.205 e. The molecule has 0 saturated heterocycles. The van der Waals surface area contributed by atoms with Crippen molar-refractivity contribution in [3.05, 3.63) is 18.2 Å². The zero-order valence-corrected chi connectivity index (χ0v) is 6.52. The minimum atomic E-state index is 0.526. The van der Waals surface area contributed by atoms with Crippen LogP contribution < -0.4 is 11.3 Å². The molecule has 0 aromatic carbocycles. The van der Waals surface area contributed by atoms with Crippen LogP contribution in [0.3, 0.4) is 0 Å². The van der Waals surface area contributed by atoms with Gasteiger partial charge in [-0.2, -0.15) is 0 Å². The first kappa shape index (κ1) is 6.99. The van der Waals surface area contributed by atoms with Crippen LogP contribution in [0.25, 0.3) is 5.65 Å². The van der Waals surface area contributed by atoms with Gasteiger partial charge in [0.2, 0.25) is 5.65 Å². The maximum Gasteiger partial charge on any atom is 0.205 e. The predicted molar refractivity (Wildman–Crippen MR) is 43.3 cm³/mol. The molecular weight excluding hydrogens is 156 g/mol. The van der Waals surface area contributed by atoms with Crippen LogP contribution in [0.4, 0.5) is 5.82 Å². The summed E-state index contributed by atoms with van der Waals surface area (Å²) in [4.78, 5) is 3.98. The molecule has 2 heterocycles. The Morgan fingerprint density at radius 2 is 2.33 bits per heavy atom. The number of nitrogens with one attached hydrogen (secondary N) is 1. The molecule has 2 aromatic heterocycles. The van der Waals surface area contributed by atoms with E-state index in [0.717, 1.165) is 5.82 Å². The van der Waals surface area contributed by atoms with E-state index in [1.165, 1.54) is 0 Å². The number of hydrogen-bond acceptors (Lipinski definition) is 5. The molecular formula is C6H8N6. The second kappa shape index (κ2) is 2.42. The number of fused-ring (bicyclic) bond motifs is 1. The van der Waals surface area contributed by atoms with Gasteiger partial charge < -0.3 is 5.43 Å². The number of aromatic nitrogens is 4. The lowest BCUT2D eigenvalue weighted by Gasteiger charge is -1.99. The van der Waals surface area contributed by atoms with E-state index in [-0.39, 0.29) is 0 Å². The van der Waals surface area contributed by atoms with Crippen LogP contribution in [0.5, 0.6) is 0 Å². The van der Waals surface area contributed by atoms with Crippen LogP contribution in [0.2, 0.25) is 0 Å². The number of nitrogen functional groups attached to an aromatic ring is 1. The highest BCUT2D eigenvalue weighted by Gasteiger charge is 2.04. The molecule has 62 valence electrons. The van der Waals surface area contributed by atoms with Crippen molar-refractivity contribution in [2.45, 2.75) is 6.92 Å². The average molecular weight is 164 g/mol. The van der Waals surface area contributed by atoms with Gasteiger partial charge in [0, 0.05) is 12.4 Å². The summed E-state index contributed by atoms with van der Waals surface area (Å²) in [7, 11) is 0. The van der Waals surface area contributed by atoms with Crippen LogP contribution >= 0.6 is 0 Å². The van der Waals surface area contributed by atoms with Gasteiger partial charge in [-0.15, -0.1) is 10.2 Å². The van der Waals surface area contributed by atoms with Gasteiger partial charge in [0.25, 0.3) is 0 Å². The van der Waals surface area contributed by atoms with Crippen molar-refractivity contribution in [3.63, 3.8) is 0 Å². The standard InChI is InChI=1S/C6H8N6/c1-4-10-11-6-5(9-7)8-2-3-12(4)6/h2-3H,7H2,1H3,(H,8,9). The normalized spacial score (nSPS) is 10.5. The highest BCUT2D eigenvalue weighted by atomic mass is 15.3. The molecule has 0 radical (unpaired) electrons. The quantitative estimate of drug-likeness (QED) is 0.447. The Bertz CT molecular complexity index is 405. The van der Waals surface area contributed by atoms with Crippen molar-refractivity contribution in [1.82, 2.24) is 19.6 Å². The monoisotopic (exact) mass is 164 g/mol. The van der Waals surface area contributed by atoms with Crippen LogP contribution in [0, 0.1) is 6.92 Å². The first-order chi connectivity index (χ1) is 5.83. The van der Waals surface area contributed by atoms with E-state index in [9.17, 15) is 0 Å². The molecule has 0 aliphatic rings. The molecule has 6 nitrogen and oxygen atoms in total. The minimum absolute atomic E-state index is 0.526. The minimum Gasteiger partial charge on any atom is -0.305 e. The Morgan fingerprint density at radius 1 is 1.50 bits per heavy atom. The summed E-state index contributed by atoms with van der Waals surface area (Å²) in [6.07, 6.45) is 3.42. The molecule has 0 spiro atoms. The average Bonchev–Trinajstić information content (AvgIpc) is 2.48. The zero-order valence-electron chi connectivity index (χ0n) is 6.52. The SMILES string of the molecule is Cc1nnc2c(NN)nccn12. The topological polar surface area (TPSA) is 81.1 Å². The molecule has 6 heteroatoms. The van der Waals surface area contributed by atoms with E-state index >= 15 is 0 Å². The van der Waals surface area contributed by atoms with E-state index in [0.29, 0.717) is 11.5 Å². The Kier molecular flexibility index (Phi) is 1.41. The van der Waals surface area contributed by atoms with E-state index < -0.39 is 0 Å². The van der Waals surface area contributed by atoms with Crippen LogP contribution in [-0.2, 0) is 0 Å². The molecule has 0 aliphatic heterocycles. The molecule has 12 heavy (non-hydrogen) atoms. The fourth-order valence-corrected chi connectivity index (χ4v) is 1.04. The highest BCUT2D eigenvalue weighted by molar-refractivity contribution is 5.61. The van der Waals surface area contributed by atoms with Gasteiger partial charge in [-0.1, -0.05) is 0 Å². The molecule has 0 fully saturated rings. The Morgan fingerprint density at radius 3 is 3.08 bits per heavy atom. The molecule has 0 saturated carbocycles. The van der Waals surface area contributed by atoms with Crippen molar-refractivity contribution in [1.29, 1.82) is 0 Å². The summed E-state index contributed by atoms with van der Waals surface area (Å²) in [6.45, 7) is 1.86. The maximum absolute atomic E-state index is 5.23. The van der Waals surface area contributed by atoms with Gasteiger partial charge in [0.05, 0.1) is 0 Å². The number of rotatable bonds is 1. The summed E-state index contributed by atoms with van der Waals surface area (Å²) in [5.74, 6) is 6.57. The van der Waals surface area contributed by atoms with Crippen molar-refractivity contribution in [3.8, 4) is 0 Å². The first-order valence-electron chi connectivity index (χ1n) is 3.46. The van der Waals surface area contributed by atoms with Crippen LogP contribution in [0.1, 0.15) is 5.82 Å². The second-order valence-electron chi connectivity index (χ2n) is 2.36. The molecule has 0 atom stereocenters. The Balaban J connectivity index is 2.81. The van der Waals surface area contributed by atoms with Crippen LogP contribution in [-0.4, -0.2) is 19.6 Å². The number of nitrogens with zero attached hydrogens (tertiary/aromatic N) is 4. The molecule has 2 rings (SSSR count). The fourth-order valence-electron chi connectivity index (χ4n) is 1.04. The van der Waals surface area contributed by atoms with E-state index in [1.54, 1.807) is 12.4 Å². The fraction of sp³-hybridized carbons (Fsp3) is 0.167. The Labute approximate surface area is 68.4 Å². The molecule has 2 aromatic rings. The first-order valence-corrected chi connectivity index (χ1v) is 3.46. The molecule has 3 N–H and O–H groups in total. The maximum atomic E-state index is 5.23. The Hall–Kier alpha value is -1.69. The van der Waals surface area contributed by atoms with Crippen LogP contribution in [0.15, 0.2) is 12.4 Å². The van der Waals surface area contributed by atoms with Crippen molar-refractivity contribution >= 4 is 11.5 Å². The number of aryl methyl sites for hydroxylation is 1.